The standard InChI is InChI=1S/C21H20N2O4S/c1-27-19-8-4-7-18(13-19)23-14-17(12-21(23)24)22-28(25,26)20-10-9-15-5-2-3-6-16(15)11-20/h2-11,13,17,22H,12,14H2,1H3/t17-/m1/s1. The number of methoxy groups -OCH3 is 1. The maximum absolute atomic E-state index is 12.8. The van der Waals surface area contributed by atoms with Crippen LogP contribution in [-0.4, -0.2) is 34.0 Å². The number of anilines is 1. The third kappa shape index (κ3) is 3.58. The molecule has 1 saturated heterocycles. The van der Waals surface area contributed by atoms with Gasteiger partial charge in [-0.3, -0.25) is 4.79 Å². The Morgan fingerprint density at radius 2 is 1.79 bits per heavy atom. The molecule has 1 heterocycles. The van der Waals surface area contributed by atoms with Crippen LogP contribution in [0.25, 0.3) is 10.8 Å². The van der Waals surface area contributed by atoms with Gasteiger partial charge in [0.25, 0.3) is 0 Å². The van der Waals surface area contributed by atoms with Gasteiger partial charge in [0.2, 0.25) is 15.9 Å². The van der Waals surface area contributed by atoms with Gasteiger partial charge in [-0.05, 0) is 35.0 Å². The van der Waals surface area contributed by atoms with Gasteiger partial charge >= 0.3 is 0 Å². The number of nitrogens with one attached hydrogen (secondary N) is 1. The average Bonchev–Trinajstić information content (AvgIpc) is 3.07. The van der Waals surface area contributed by atoms with Crippen LogP contribution >= 0.6 is 0 Å². The van der Waals surface area contributed by atoms with Crippen LogP contribution in [0.1, 0.15) is 6.42 Å². The summed E-state index contributed by atoms with van der Waals surface area (Å²) >= 11 is 0. The molecule has 6 nitrogen and oxygen atoms in total. The van der Waals surface area contributed by atoms with Crippen molar-refractivity contribution in [1.82, 2.24) is 4.72 Å². The highest BCUT2D eigenvalue weighted by molar-refractivity contribution is 7.89. The van der Waals surface area contributed by atoms with Crippen LogP contribution in [-0.2, 0) is 14.8 Å². The predicted molar refractivity (Wildman–Crippen MR) is 108 cm³/mol. The van der Waals surface area contributed by atoms with Gasteiger partial charge in [-0.1, -0.05) is 36.4 Å². The minimum Gasteiger partial charge on any atom is -0.497 e. The largest absolute Gasteiger partial charge is 0.497 e. The van der Waals surface area contributed by atoms with E-state index < -0.39 is 16.1 Å². The van der Waals surface area contributed by atoms with Crippen molar-refractivity contribution in [3.63, 3.8) is 0 Å². The molecule has 3 aromatic carbocycles. The summed E-state index contributed by atoms with van der Waals surface area (Å²) in [7, 11) is -2.17. The van der Waals surface area contributed by atoms with E-state index in [0.717, 1.165) is 10.8 Å². The third-order valence-electron chi connectivity index (χ3n) is 4.84. The number of nitrogens with zero attached hydrogens (tertiary/aromatic N) is 1. The maximum Gasteiger partial charge on any atom is 0.240 e. The van der Waals surface area contributed by atoms with Crippen molar-refractivity contribution in [3.05, 3.63) is 66.7 Å². The molecule has 0 unspecified atom stereocenters. The van der Waals surface area contributed by atoms with Crippen molar-refractivity contribution in [1.29, 1.82) is 0 Å². The molecular weight excluding hydrogens is 376 g/mol. The summed E-state index contributed by atoms with van der Waals surface area (Å²) in [6, 6.07) is 19.3. The van der Waals surface area contributed by atoms with Gasteiger partial charge in [-0.15, -0.1) is 0 Å². The van der Waals surface area contributed by atoms with Gasteiger partial charge in [-0.25, -0.2) is 13.1 Å². The number of hydrogen-bond donors (Lipinski definition) is 1. The van der Waals surface area contributed by atoms with E-state index in [1.807, 2.05) is 24.3 Å². The smallest absolute Gasteiger partial charge is 0.240 e. The SMILES string of the molecule is COc1cccc(N2C[C@H](NS(=O)(=O)c3ccc4ccccc4c3)CC2=O)c1. The molecule has 1 aliphatic heterocycles. The third-order valence-corrected chi connectivity index (χ3v) is 6.36. The molecule has 0 radical (unpaired) electrons. The summed E-state index contributed by atoms with van der Waals surface area (Å²) in [4.78, 5) is 14.2. The van der Waals surface area contributed by atoms with Crippen LogP contribution in [0.3, 0.4) is 0 Å². The molecule has 0 aliphatic carbocycles. The quantitative estimate of drug-likeness (QED) is 0.720. The molecule has 1 N–H and O–H groups in total. The Bertz CT molecular complexity index is 1140. The molecule has 7 heteroatoms. The summed E-state index contributed by atoms with van der Waals surface area (Å²) in [5, 5.41) is 1.83. The molecule has 0 aromatic heterocycles. The van der Waals surface area contributed by atoms with Crippen molar-refractivity contribution in [2.45, 2.75) is 17.4 Å². The van der Waals surface area contributed by atoms with Gasteiger partial charge in [0, 0.05) is 30.8 Å². The van der Waals surface area contributed by atoms with E-state index in [9.17, 15) is 13.2 Å². The molecule has 3 aromatic rings. The highest BCUT2D eigenvalue weighted by Crippen LogP contribution is 2.26. The van der Waals surface area contributed by atoms with Crippen LogP contribution in [0, 0.1) is 0 Å². The van der Waals surface area contributed by atoms with Crippen molar-refractivity contribution >= 4 is 32.4 Å². The van der Waals surface area contributed by atoms with E-state index in [0.29, 0.717) is 11.4 Å². The van der Waals surface area contributed by atoms with E-state index in [2.05, 4.69) is 4.72 Å². The van der Waals surface area contributed by atoms with Crippen LogP contribution < -0.4 is 14.4 Å². The molecule has 1 fully saturated rings. The van der Waals surface area contributed by atoms with Gasteiger partial charge in [0.1, 0.15) is 5.75 Å². The highest BCUT2D eigenvalue weighted by Gasteiger charge is 2.33. The molecule has 144 valence electrons. The van der Waals surface area contributed by atoms with Gasteiger partial charge in [0.15, 0.2) is 0 Å². The second-order valence-electron chi connectivity index (χ2n) is 6.74. The number of rotatable bonds is 5. The number of sulfonamides is 1. The first-order valence-corrected chi connectivity index (χ1v) is 10.4. The normalized spacial score (nSPS) is 17.2. The second-order valence-corrected chi connectivity index (χ2v) is 8.45. The number of hydrogen-bond acceptors (Lipinski definition) is 4. The number of amides is 1. The van der Waals surface area contributed by atoms with E-state index in [4.69, 9.17) is 4.74 Å². The molecule has 0 spiro atoms. The molecule has 1 atom stereocenters. The number of carbonyl (C=O) groups is 1. The fourth-order valence-corrected chi connectivity index (χ4v) is 4.70. The first kappa shape index (κ1) is 18.5. The zero-order valence-electron chi connectivity index (χ0n) is 15.3. The van der Waals surface area contributed by atoms with Crippen LogP contribution in [0.5, 0.6) is 5.75 Å². The maximum atomic E-state index is 12.8. The highest BCUT2D eigenvalue weighted by atomic mass is 32.2. The Morgan fingerprint density at radius 1 is 1.00 bits per heavy atom. The topological polar surface area (TPSA) is 75.7 Å². The van der Waals surface area contributed by atoms with E-state index in [-0.39, 0.29) is 23.8 Å². The fraction of sp³-hybridized carbons (Fsp3) is 0.190. The monoisotopic (exact) mass is 396 g/mol. The Balaban J connectivity index is 1.54. The zero-order chi connectivity index (χ0) is 19.7. The van der Waals surface area contributed by atoms with Crippen LogP contribution in [0.2, 0.25) is 0 Å². The van der Waals surface area contributed by atoms with Crippen molar-refractivity contribution in [3.8, 4) is 5.75 Å². The lowest BCUT2D eigenvalue weighted by atomic mass is 10.1. The zero-order valence-corrected chi connectivity index (χ0v) is 16.1. The van der Waals surface area contributed by atoms with Crippen molar-refractivity contribution < 1.29 is 17.9 Å². The predicted octanol–water partition coefficient (Wildman–Crippen LogP) is 2.93. The van der Waals surface area contributed by atoms with E-state index in [1.165, 1.54) is 0 Å². The van der Waals surface area contributed by atoms with Crippen LogP contribution in [0.15, 0.2) is 71.6 Å². The number of ether oxygens (including phenoxy) is 1. The lowest BCUT2D eigenvalue weighted by Gasteiger charge is -2.18. The number of fused-ring (bicyclic) bond motifs is 1. The van der Waals surface area contributed by atoms with Gasteiger partial charge in [0.05, 0.1) is 12.0 Å². The van der Waals surface area contributed by atoms with Crippen LogP contribution in [0.4, 0.5) is 5.69 Å². The molecule has 0 saturated carbocycles. The average molecular weight is 396 g/mol. The van der Waals surface area contributed by atoms with E-state index >= 15 is 0 Å². The summed E-state index contributed by atoms with van der Waals surface area (Å²) in [5.74, 6) is 0.518. The van der Waals surface area contributed by atoms with Crippen molar-refractivity contribution in [2.24, 2.45) is 0 Å². The summed E-state index contributed by atoms with van der Waals surface area (Å²) in [6.45, 7) is 0.277. The molecular formula is C21H20N2O4S. The minimum atomic E-state index is -3.73. The lowest BCUT2D eigenvalue weighted by Crippen LogP contribution is -2.37. The molecule has 4 rings (SSSR count). The van der Waals surface area contributed by atoms with Gasteiger partial charge in [-0.2, -0.15) is 0 Å². The summed E-state index contributed by atoms with van der Waals surface area (Å²) in [6.07, 6.45) is 0.115. The first-order valence-electron chi connectivity index (χ1n) is 8.92. The Morgan fingerprint density at radius 3 is 2.57 bits per heavy atom. The Hall–Kier alpha value is -2.90. The van der Waals surface area contributed by atoms with E-state index in [1.54, 1.807) is 54.5 Å². The summed E-state index contributed by atoms with van der Waals surface area (Å²) in [5.41, 5.74) is 0.691. The molecule has 28 heavy (non-hydrogen) atoms. The molecule has 1 aliphatic rings. The first-order chi connectivity index (χ1) is 13.5. The molecule has 0 bridgehead atoms. The number of carbonyl (C=O) groups excluding carboxylic acids is 1. The molecule has 1 amide bonds. The number of benzene rings is 3. The fourth-order valence-electron chi connectivity index (χ4n) is 3.44. The van der Waals surface area contributed by atoms with Gasteiger partial charge < -0.3 is 9.64 Å². The summed E-state index contributed by atoms with van der Waals surface area (Å²) < 4.78 is 33.5. The Kier molecular flexibility index (Phi) is 4.78. The van der Waals surface area contributed by atoms with Crippen molar-refractivity contribution in [2.75, 3.05) is 18.6 Å². The minimum absolute atomic E-state index is 0.115. The lowest BCUT2D eigenvalue weighted by molar-refractivity contribution is -0.117. The Labute approximate surface area is 163 Å². The second kappa shape index (κ2) is 7.26.